The number of hydrogen-bond acceptors (Lipinski definition) is 3. The van der Waals surface area contributed by atoms with E-state index in [2.05, 4.69) is 9.97 Å². The molecule has 0 radical (unpaired) electrons. The van der Waals surface area contributed by atoms with Gasteiger partial charge in [0.25, 0.3) is 0 Å². The number of aryl methyl sites for hydroxylation is 2. The molecule has 0 bridgehead atoms. The van der Waals surface area contributed by atoms with E-state index in [-0.39, 0.29) is 0 Å². The summed E-state index contributed by atoms with van der Waals surface area (Å²) in [5.74, 6) is 1.47. The molecule has 0 saturated carbocycles. The van der Waals surface area contributed by atoms with Crippen molar-refractivity contribution in [1.29, 1.82) is 0 Å². The van der Waals surface area contributed by atoms with E-state index in [4.69, 9.17) is 5.73 Å². The summed E-state index contributed by atoms with van der Waals surface area (Å²) in [4.78, 5) is 8.28. The lowest BCUT2D eigenvalue weighted by atomic mass is 10.3. The zero-order chi connectivity index (χ0) is 8.72. The van der Waals surface area contributed by atoms with Crippen LogP contribution in [-0.4, -0.2) is 14.4 Å². The van der Waals surface area contributed by atoms with E-state index in [1.807, 2.05) is 24.3 Å². The van der Waals surface area contributed by atoms with Gasteiger partial charge in [0, 0.05) is 5.69 Å². The molecule has 4 heteroatoms. The van der Waals surface area contributed by atoms with Crippen molar-refractivity contribution >= 4 is 11.3 Å². The molecule has 0 fully saturated rings. The number of hydrogen-bond donors (Lipinski definition) is 1. The second-order valence-electron chi connectivity index (χ2n) is 2.83. The second kappa shape index (κ2) is 2.20. The van der Waals surface area contributed by atoms with Crippen molar-refractivity contribution in [2.75, 3.05) is 5.73 Å². The van der Waals surface area contributed by atoms with Gasteiger partial charge in [0.2, 0.25) is 0 Å². The Balaban J connectivity index is 2.92. The minimum absolute atomic E-state index is 0.559. The van der Waals surface area contributed by atoms with Crippen LogP contribution in [0.2, 0.25) is 0 Å². The molecule has 0 aliphatic carbocycles. The number of anilines is 1. The molecule has 0 amide bonds. The minimum Gasteiger partial charge on any atom is -0.382 e. The van der Waals surface area contributed by atoms with Gasteiger partial charge in [-0.1, -0.05) is 0 Å². The predicted molar refractivity (Wildman–Crippen MR) is 46.9 cm³/mol. The van der Waals surface area contributed by atoms with Gasteiger partial charge in [-0.05, 0) is 19.9 Å². The first kappa shape index (κ1) is 7.09. The highest BCUT2D eigenvalue weighted by Crippen LogP contribution is 2.13. The van der Waals surface area contributed by atoms with E-state index >= 15 is 0 Å². The minimum atomic E-state index is 0.559. The first-order valence-electron chi connectivity index (χ1n) is 3.75. The van der Waals surface area contributed by atoms with Gasteiger partial charge in [0.15, 0.2) is 0 Å². The van der Waals surface area contributed by atoms with E-state index < -0.39 is 0 Å². The quantitative estimate of drug-likeness (QED) is 0.627. The fraction of sp³-hybridized carbons (Fsp3) is 0.250. The summed E-state index contributed by atoms with van der Waals surface area (Å²) in [6.07, 6.45) is 1.69. The molecule has 2 N–H and O–H groups in total. The molecule has 4 nitrogen and oxygen atoms in total. The topological polar surface area (TPSA) is 56.2 Å². The second-order valence-corrected chi connectivity index (χ2v) is 2.83. The normalized spacial score (nSPS) is 10.8. The molecule has 2 aromatic heterocycles. The SMILES string of the molecule is Cc1cc2c(N)ncn2c(C)n1. The molecule has 2 heterocycles. The Morgan fingerprint density at radius 2 is 2.17 bits per heavy atom. The van der Waals surface area contributed by atoms with Crippen LogP contribution in [0.5, 0.6) is 0 Å². The van der Waals surface area contributed by atoms with Crippen LogP contribution < -0.4 is 5.73 Å². The summed E-state index contributed by atoms with van der Waals surface area (Å²) in [6, 6.07) is 1.93. The Labute approximate surface area is 70.1 Å². The van der Waals surface area contributed by atoms with Crippen LogP contribution in [0.4, 0.5) is 5.82 Å². The van der Waals surface area contributed by atoms with Crippen molar-refractivity contribution in [1.82, 2.24) is 14.4 Å². The van der Waals surface area contributed by atoms with Crippen molar-refractivity contribution in [3.05, 3.63) is 23.9 Å². The van der Waals surface area contributed by atoms with E-state index in [0.29, 0.717) is 5.82 Å². The standard InChI is InChI=1S/C8H10N4/c1-5-3-7-8(9)10-4-12(7)6(2)11-5/h3-4H,9H2,1-2H3. The first-order chi connectivity index (χ1) is 5.68. The zero-order valence-electron chi connectivity index (χ0n) is 7.07. The highest BCUT2D eigenvalue weighted by atomic mass is 15.1. The monoisotopic (exact) mass is 162 g/mol. The van der Waals surface area contributed by atoms with Crippen LogP contribution in [0.1, 0.15) is 11.5 Å². The van der Waals surface area contributed by atoms with Crippen molar-refractivity contribution in [3.63, 3.8) is 0 Å². The van der Waals surface area contributed by atoms with Crippen LogP contribution in [0.3, 0.4) is 0 Å². The first-order valence-corrected chi connectivity index (χ1v) is 3.75. The fourth-order valence-electron chi connectivity index (χ4n) is 1.31. The highest BCUT2D eigenvalue weighted by molar-refractivity contribution is 5.65. The number of rotatable bonds is 0. The van der Waals surface area contributed by atoms with Gasteiger partial charge in [0.05, 0.1) is 5.52 Å². The smallest absolute Gasteiger partial charge is 0.149 e. The lowest BCUT2D eigenvalue weighted by Gasteiger charge is -2.00. The van der Waals surface area contributed by atoms with Crippen molar-refractivity contribution in [2.24, 2.45) is 0 Å². The van der Waals surface area contributed by atoms with Crippen LogP contribution in [0.15, 0.2) is 12.4 Å². The molecule has 0 atom stereocenters. The lowest BCUT2D eigenvalue weighted by molar-refractivity contribution is 0.956. The third kappa shape index (κ3) is 0.845. The third-order valence-corrected chi connectivity index (χ3v) is 1.87. The van der Waals surface area contributed by atoms with Gasteiger partial charge < -0.3 is 5.73 Å². The van der Waals surface area contributed by atoms with Crippen LogP contribution in [0, 0.1) is 13.8 Å². The molecule has 12 heavy (non-hydrogen) atoms. The highest BCUT2D eigenvalue weighted by Gasteiger charge is 2.03. The van der Waals surface area contributed by atoms with Gasteiger partial charge in [-0.15, -0.1) is 0 Å². The van der Waals surface area contributed by atoms with E-state index in [1.54, 1.807) is 6.33 Å². The largest absolute Gasteiger partial charge is 0.382 e. The van der Waals surface area contributed by atoms with Crippen molar-refractivity contribution in [3.8, 4) is 0 Å². The van der Waals surface area contributed by atoms with Crippen molar-refractivity contribution < 1.29 is 0 Å². The average molecular weight is 162 g/mol. The molecule has 0 unspecified atom stereocenters. The molecular weight excluding hydrogens is 152 g/mol. The van der Waals surface area contributed by atoms with Gasteiger partial charge in [-0.3, -0.25) is 4.40 Å². The lowest BCUT2D eigenvalue weighted by Crippen LogP contribution is -1.96. The Kier molecular flexibility index (Phi) is 1.30. The maximum absolute atomic E-state index is 5.65. The Morgan fingerprint density at radius 3 is 2.92 bits per heavy atom. The average Bonchev–Trinajstić information content (AvgIpc) is 2.33. The number of fused-ring (bicyclic) bond motifs is 1. The number of aromatic nitrogens is 3. The van der Waals surface area contributed by atoms with Gasteiger partial charge in [-0.25, -0.2) is 9.97 Å². The maximum atomic E-state index is 5.65. The van der Waals surface area contributed by atoms with Crippen LogP contribution in [-0.2, 0) is 0 Å². The molecule has 0 spiro atoms. The van der Waals surface area contributed by atoms with Crippen LogP contribution >= 0.6 is 0 Å². The summed E-state index contributed by atoms with van der Waals surface area (Å²) in [5, 5.41) is 0. The number of nitrogens with zero attached hydrogens (tertiary/aromatic N) is 3. The molecular formula is C8H10N4. The third-order valence-electron chi connectivity index (χ3n) is 1.87. The predicted octanol–water partition coefficient (Wildman–Crippen LogP) is 0.928. The zero-order valence-corrected chi connectivity index (χ0v) is 7.07. The molecule has 2 rings (SSSR count). The summed E-state index contributed by atoms with van der Waals surface area (Å²) < 4.78 is 1.88. The van der Waals surface area contributed by atoms with E-state index in [1.165, 1.54) is 0 Å². The molecule has 62 valence electrons. The summed E-state index contributed by atoms with van der Waals surface area (Å²) in [5.41, 5.74) is 7.55. The molecule has 0 saturated heterocycles. The van der Waals surface area contributed by atoms with Gasteiger partial charge in [-0.2, -0.15) is 0 Å². The Morgan fingerprint density at radius 1 is 1.42 bits per heavy atom. The van der Waals surface area contributed by atoms with E-state index in [0.717, 1.165) is 17.0 Å². The number of nitrogen functional groups attached to an aromatic ring is 1. The maximum Gasteiger partial charge on any atom is 0.149 e. The van der Waals surface area contributed by atoms with E-state index in [9.17, 15) is 0 Å². The van der Waals surface area contributed by atoms with Crippen molar-refractivity contribution in [2.45, 2.75) is 13.8 Å². The molecule has 0 aromatic carbocycles. The summed E-state index contributed by atoms with van der Waals surface area (Å²) in [6.45, 7) is 3.88. The number of nitrogens with two attached hydrogens (primary N) is 1. The Hall–Kier alpha value is -1.58. The fourth-order valence-corrected chi connectivity index (χ4v) is 1.31. The molecule has 0 aliphatic heterocycles. The molecule has 2 aromatic rings. The Bertz CT molecular complexity index is 430. The van der Waals surface area contributed by atoms with Gasteiger partial charge >= 0.3 is 0 Å². The molecule has 0 aliphatic rings. The number of imidazole rings is 1. The summed E-state index contributed by atoms with van der Waals surface area (Å²) >= 11 is 0. The summed E-state index contributed by atoms with van der Waals surface area (Å²) in [7, 11) is 0. The van der Waals surface area contributed by atoms with Gasteiger partial charge in [0.1, 0.15) is 18.0 Å². The van der Waals surface area contributed by atoms with Crippen LogP contribution in [0.25, 0.3) is 5.52 Å².